The van der Waals surface area contributed by atoms with Crippen molar-refractivity contribution in [2.45, 2.75) is 182 Å². The van der Waals surface area contributed by atoms with E-state index in [2.05, 4.69) is 55.8 Å². The van der Waals surface area contributed by atoms with Crippen molar-refractivity contribution >= 4 is 24.0 Å². The van der Waals surface area contributed by atoms with Gasteiger partial charge in [-0.3, -0.25) is 14.4 Å². The summed E-state index contributed by atoms with van der Waals surface area (Å²) in [5.74, 6) is 1.76. The van der Waals surface area contributed by atoms with Crippen molar-refractivity contribution in [3.8, 4) is 0 Å². The first-order valence-electron chi connectivity index (χ1n) is 22.0. The molecule has 0 radical (unpaired) electrons. The summed E-state index contributed by atoms with van der Waals surface area (Å²) >= 11 is 0. The molecule has 4 atom stereocenters. The highest BCUT2D eigenvalue weighted by Crippen LogP contribution is 2.14. The number of amides is 3. The van der Waals surface area contributed by atoms with E-state index in [0.29, 0.717) is 43.6 Å². The maximum Gasteiger partial charge on any atom is 0.223 e. The van der Waals surface area contributed by atoms with Crippen LogP contribution in [-0.2, 0) is 25.6 Å². The normalized spacial score (nSPS) is 11.5. The van der Waals surface area contributed by atoms with Gasteiger partial charge in [0.1, 0.15) is 6.29 Å². The van der Waals surface area contributed by atoms with Gasteiger partial charge >= 0.3 is 0 Å². The third-order valence-electron chi connectivity index (χ3n) is 7.56. The van der Waals surface area contributed by atoms with E-state index < -0.39 is 0 Å². The van der Waals surface area contributed by atoms with Gasteiger partial charge in [-0.2, -0.15) is 0 Å². The van der Waals surface area contributed by atoms with Crippen LogP contribution in [0.25, 0.3) is 0 Å². The fraction of sp³-hybridized carbons (Fsp3) is 0.787. The molecule has 0 aliphatic carbocycles. The first kappa shape index (κ1) is 67.9. The van der Waals surface area contributed by atoms with E-state index in [1.54, 1.807) is 0 Å². The monoisotopic (exact) mass is 799 g/mol. The lowest BCUT2D eigenvalue weighted by Gasteiger charge is -2.26. The summed E-state index contributed by atoms with van der Waals surface area (Å²) in [5, 5.41) is 15.6. The highest BCUT2D eigenvalue weighted by atomic mass is 16.2. The van der Waals surface area contributed by atoms with Crippen LogP contribution in [0.5, 0.6) is 0 Å². The van der Waals surface area contributed by atoms with E-state index in [0.717, 1.165) is 39.2 Å². The molecular formula is C47H98N4O5. The Balaban J connectivity index is -0.000000153. The first-order valence-corrected chi connectivity index (χ1v) is 22.0. The van der Waals surface area contributed by atoms with E-state index in [4.69, 9.17) is 5.11 Å². The molecule has 4 N–H and O–H groups in total. The fourth-order valence-electron chi connectivity index (χ4n) is 4.58. The summed E-state index contributed by atoms with van der Waals surface area (Å²) in [6, 6.07) is 9.97. The Bertz CT molecular complexity index is 942. The molecule has 9 heteroatoms. The summed E-state index contributed by atoms with van der Waals surface area (Å²) in [5.41, 5.74) is 1.23. The van der Waals surface area contributed by atoms with Gasteiger partial charge in [0.2, 0.25) is 17.7 Å². The number of aliphatic hydroxyl groups is 1. The Morgan fingerprint density at radius 1 is 0.750 bits per heavy atom. The van der Waals surface area contributed by atoms with Gasteiger partial charge in [0.15, 0.2) is 0 Å². The molecule has 56 heavy (non-hydrogen) atoms. The molecule has 0 aromatic heterocycles. The number of aldehydes is 1. The lowest BCUT2D eigenvalue weighted by atomic mass is 10.0. The minimum Gasteiger partial charge on any atom is -0.400 e. The second-order valence-electron chi connectivity index (χ2n) is 14.0. The van der Waals surface area contributed by atoms with E-state index >= 15 is 0 Å². The number of hydrogen-bond donors (Lipinski definition) is 4. The standard InChI is InChI=1S/C26H44N2O2.C10H19NO2.C2H7N.4C2H6.CH4O/c1-7-21(4)12-11-15-25(29)28(19-20(2)3)17-16-22(5)26(30)27-23(6)18-24-13-9-8-10-14-24;1-7(2)5-10(13)11-9(6-12)8(3)4;1-3-2;5*1-2/h8-10,13-14,20-23H,7,11-12,15-19H2,1-6H3,(H,27,30);6-9H,5H2,1-4H3,(H,11,13);3H,1-2H3;4*1-2H3;2H,1H3. The third kappa shape index (κ3) is 47.4. The van der Waals surface area contributed by atoms with Crippen molar-refractivity contribution in [3.63, 3.8) is 0 Å². The maximum atomic E-state index is 12.7. The van der Waals surface area contributed by atoms with Crippen molar-refractivity contribution in [3.05, 3.63) is 35.9 Å². The Labute approximate surface area is 349 Å². The minimum absolute atomic E-state index is 0.0409. The van der Waals surface area contributed by atoms with E-state index in [1.807, 2.05) is 134 Å². The molecule has 0 aliphatic rings. The Hall–Kier alpha value is -2.78. The molecule has 0 fully saturated rings. The van der Waals surface area contributed by atoms with E-state index in [1.165, 1.54) is 12.0 Å². The summed E-state index contributed by atoms with van der Waals surface area (Å²) in [6.07, 6.45) is 6.65. The number of rotatable bonds is 19. The van der Waals surface area contributed by atoms with E-state index in [-0.39, 0.29) is 41.6 Å². The average Bonchev–Trinajstić information content (AvgIpc) is 3.19. The fourth-order valence-corrected chi connectivity index (χ4v) is 4.58. The quantitative estimate of drug-likeness (QED) is 0.103. The van der Waals surface area contributed by atoms with Gasteiger partial charge < -0.3 is 30.8 Å². The zero-order chi connectivity index (χ0) is 45.7. The van der Waals surface area contributed by atoms with Crippen LogP contribution >= 0.6 is 0 Å². The largest absolute Gasteiger partial charge is 0.400 e. The van der Waals surface area contributed by atoms with Crippen LogP contribution in [0.15, 0.2) is 30.3 Å². The van der Waals surface area contributed by atoms with Crippen LogP contribution in [0.4, 0.5) is 0 Å². The number of aliphatic hydroxyl groups excluding tert-OH is 1. The van der Waals surface area contributed by atoms with Gasteiger partial charge in [0.05, 0.1) is 6.04 Å². The van der Waals surface area contributed by atoms with Crippen LogP contribution in [0.1, 0.15) is 169 Å². The molecule has 0 bridgehead atoms. The molecule has 1 aromatic carbocycles. The average molecular weight is 799 g/mol. The van der Waals surface area contributed by atoms with Crippen molar-refractivity contribution < 1.29 is 24.3 Å². The minimum atomic E-state index is -0.341. The Morgan fingerprint density at radius 2 is 1.23 bits per heavy atom. The van der Waals surface area contributed by atoms with Crippen molar-refractivity contribution in [2.24, 2.45) is 29.6 Å². The van der Waals surface area contributed by atoms with Gasteiger partial charge in [0, 0.05) is 45.0 Å². The number of benzene rings is 1. The predicted molar refractivity (Wildman–Crippen MR) is 247 cm³/mol. The smallest absolute Gasteiger partial charge is 0.223 e. The molecule has 0 saturated heterocycles. The van der Waals surface area contributed by atoms with Gasteiger partial charge in [-0.1, -0.05) is 161 Å². The number of hydrogen-bond acceptors (Lipinski definition) is 6. The zero-order valence-corrected chi connectivity index (χ0v) is 40.9. The number of nitrogens with one attached hydrogen (secondary N) is 3. The summed E-state index contributed by atoms with van der Waals surface area (Å²) in [4.78, 5) is 49.1. The zero-order valence-electron chi connectivity index (χ0n) is 40.9. The summed E-state index contributed by atoms with van der Waals surface area (Å²) in [7, 11) is 4.75. The lowest BCUT2D eigenvalue weighted by molar-refractivity contribution is -0.133. The van der Waals surface area contributed by atoms with Crippen LogP contribution < -0.4 is 16.0 Å². The van der Waals surface area contributed by atoms with Crippen LogP contribution in [0.2, 0.25) is 0 Å². The molecular weight excluding hydrogens is 701 g/mol. The lowest BCUT2D eigenvalue weighted by Crippen LogP contribution is -2.40. The summed E-state index contributed by atoms with van der Waals surface area (Å²) in [6.45, 7) is 37.9. The molecule has 1 aromatic rings. The molecule has 0 saturated carbocycles. The highest BCUT2D eigenvalue weighted by Gasteiger charge is 2.20. The molecule has 336 valence electrons. The van der Waals surface area contributed by atoms with Crippen molar-refractivity contribution in [2.75, 3.05) is 34.3 Å². The molecule has 9 nitrogen and oxygen atoms in total. The van der Waals surface area contributed by atoms with Crippen LogP contribution in [-0.4, -0.2) is 80.4 Å². The first-order chi connectivity index (χ1) is 26.6. The van der Waals surface area contributed by atoms with Crippen molar-refractivity contribution in [1.29, 1.82) is 0 Å². The molecule has 3 amide bonds. The number of carbonyl (C=O) groups excluding carboxylic acids is 4. The maximum absolute atomic E-state index is 12.7. The Kier molecular flexibility index (Phi) is 63.3. The van der Waals surface area contributed by atoms with E-state index in [9.17, 15) is 19.2 Å². The molecule has 1 rings (SSSR count). The van der Waals surface area contributed by atoms with Gasteiger partial charge in [-0.15, -0.1) is 0 Å². The van der Waals surface area contributed by atoms with Gasteiger partial charge in [-0.05, 0) is 69.5 Å². The second kappa shape index (κ2) is 52.2. The van der Waals surface area contributed by atoms with Gasteiger partial charge in [-0.25, -0.2) is 0 Å². The molecule has 0 heterocycles. The van der Waals surface area contributed by atoms with Crippen LogP contribution in [0, 0.1) is 29.6 Å². The highest BCUT2D eigenvalue weighted by molar-refractivity contribution is 5.80. The van der Waals surface area contributed by atoms with Gasteiger partial charge in [0.25, 0.3) is 0 Å². The summed E-state index contributed by atoms with van der Waals surface area (Å²) < 4.78 is 0. The number of carbonyl (C=O) groups is 4. The molecule has 0 spiro atoms. The molecule has 4 unspecified atom stereocenters. The Morgan fingerprint density at radius 3 is 1.62 bits per heavy atom. The van der Waals surface area contributed by atoms with Crippen molar-refractivity contribution in [1.82, 2.24) is 20.9 Å². The SMILES string of the molecule is CC.CC.CC.CC.CC(C)CC(=O)NC(C=O)C(C)C.CCC(C)CCCC(=O)N(CCC(C)C(=O)NC(C)Cc1ccccc1)CC(C)C.CNC.CO. The predicted octanol–water partition coefficient (Wildman–Crippen LogP) is 10.4. The van der Waals surface area contributed by atoms with Crippen LogP contribution in [0.3, 0.4) is 0 Å². The second-order valence-corrected chi connectivity index (χ2v) is 14.0. The third-order valence-corrected chi connectivity index (χ3v) is 7.56. The number of nitrogens with zero attached hydrogens (tertiary/aromatic N) is 1. The molecule has 0 aliphatic heterocycles. The topological polar surface area (TPSA) is 128 Å².